The minimum atomic E-state index is -4.65. The van der Waals surface area contributed by atoms with Crippen molar-refractivity contribution in [1.29, 1.82) is 0 Å². The second kappa shape index (κ2) is 40.8. The molecule has 0 spiro atoms. The van der Waals surface area contributed by atoms with Gasteiger partial charge in [0.15, 0.2) is 6.10 Å². The summed E-state index contributed by atoms with van der Waals surface area (Å²) < 4.78 is 32.6. The largest absolute Gasteiger partial charge is 0.472 e. The molecule has 0 aromatic carbocycles. The van der Waals surface area contributed by atoms with Crippen LogP contribution < -0.4 is 0 Å². The molecular weight excluding hydrogens is 743 g/mol. The summed E-state index contributed by atoms with van der Waals surface area (Å²) in [5.74, 6) is -1.06. The Kier molecular flexibility index (Phi) is 38.4. The molecular formula is C46H73O10P. The van der Waals surface area contributed by atoms with E-state index in [9.17, 15) is 24.2 Å². The Morgan fingerprint density at radius 1 is 0.526 bits per heavy atom. The molecule has 0 aliphatic rings. The second-order valence-corrected chi connectivity index (χ2v) is 14.7. The Labute approximate surface area is 344 Å². The number of phosphoric ester groups is 1. The lowest BCUT2D eigenvalue weighted by Gasteiger charge is -2.20. The number of rotatable bonds is 37. The van der Waals surface area contributed by atoms with Gasteiger partial charge in [-0.3, -0.25) is 18.6 Å². The lowest BCUT2D eigenvalue weighted by Crippen LogP contribution is -2.29. The van der Waals surface area contributed by atoms with Crippen LogP contribution in [-0.4, -0.2) is 65.7 Å². The fraction of sp³-hybridized carbons (Fsp3) is 0.565. The van der Waals surface area contributed by atoms with E-state index in [4.69, 9.17) is 19.1 Å². The van der Waals surface area contributed by atoms with E-state index in [1.54, 1.807) is 0 Å². The number of carbonyl (C=O) groups is 2. The van der Waals surface area contributed by atoms with E-state index in [0.717, 1.165) is 89.9 Å². The van der Waals surface area contributed by atoms with Crippen LogP contribution in [0.25, 0.3) is 0 Å². The molecule has 10 nitrogen and oxygen atoms in total. The third kappa shape index (κ3) is 40.6. The highest BCUT2D eigenvalue weighted by molar-refractivity contribution is 7.47. The number of unbranched alkanes of at least 4 members (excludes halogenated alkanes) is 5. The molecule has 0 heterocycles. The van der Waals surface area contributed by atoms with Crippen molar-refractivity contribution in [2.75, 3.05) is 26.4 Å². The smallest absolute Gasteiger partial charge is 0.462 e. The van der Waals surface area contributed by atoms with Crippen molar-refractivity contribution in [3.63, 3.8) is 0 Å². The zero-order valence-electron chi connectivity index (χ0n) is 34.7. The molecule has 0 fully saturated rings. The molecule has 3 N–H and O–H groups in total. The molecule has 0 bridgehead atoms. The average Bonchev–Trinajstić information content (AvgIpc) is 3.20. The van der Waals surface area contributed by atoms with Gasteiger partial charge in [0.1, 0.15) is 12.7 Å². The highest BCUT2D eigenvalue weighted by Gasteiger charge is 2.27. The summed E-state index contributed by atoms with van der Waals surface area (Å²) in [6.07, 6.45) is 50.7. The summed E-state index contributed by atoms with van der Waals surface area (Å²) >= 11 is 0. The standard InChI is InChI=1S/C46H73O10P/c1-3-5-7-9-11-13-15-17-19-20-21-22-24-25-27-29-31-33-35-37-45(49)53-41-44(42-55-57(51,52)54-40-43(48)39-47)56-46(50)38-36-34-32-30-28-26-23-18-16-14-12-10-8-6-4-2/h5-8,11-14,17-19,21-23,25,27,31,33,43-44,47-48H,3-4,9-10,15-16,20,24,26,28-30,32,34-42H2,1-2H3,(H,51,52)/b7-5+,8-6+,13-11+,14-12+,19-17+,22-21+,23-18+,27-25+,33-31+/t43-,44+/m0/s1. The van der Waals surface area contributed by atoms with Crippen LogP contribution in [0.2, 0.25) is 0 Å². The van der Waals surface area contributed by atoms with Crippen molar-refractivity contribution in [3.05, 3.63) is 109 Å². The van der Waals surface area contributed by atoms with Crippen LogP contribution in [0.4, 0.5) is 0 Å². The molecule has 0 aromatic rings. The third-order valence-electron chi connectivity index (χ3n) is 7.94. The average molecular weight is 817 g/mol. The highest BCUT2D eigenvalue weighted by atomic mass is 31.2. The zero-order chi connectivity index (χ0) is 41.9. The lowest BCUT2D eigenvalue weighted by atomic mass is 10.1. The topological polar surface area (TPSA) is 149 Å². The van der Waals surface area contributed by atoms with Gasteiger partial charge in [-0.05, 0) is 83.5 Å². The lowest BCUT2D eigenvalue weighted by molar-refractivity contribution is -0.161. The van der Waals surface area contributed by atoms with Gasteiger partial charge in [0.2, 0.25) is 0 Å². The van der Waals surface area contributed by atoms with Crippen molar-refractivity contribution in [2.24, 2.45) is 0 Å². The van der Waals surface area contributed by atoms with E-state index >= 15 is 0 Å². The van der Waals surface area contributed by atoms with Crippen molar-refractivity contribution >= 4 is 19.8 Å². The van der Waals surface area contributed by atoms with Gasteiger partial charge in [0.05, 0.1) is 19.8 Å². The fourth-order valence-electron chi connectivity index (χ4n) is 4.80. The molecule has 0 aliphatic heterocycles. The second-order valence-electron chi connectivity index (χ2n) is 13.2. The SMILES string of the molecule is CC/C=C/C/C=C/C/C=C/C/C=C/C/C=C/C/C=C/CCC(=O)OC[C@H](COP(=O)(O)OC[C@@H](O)CO)OC(=O)CCCCCCC/C=C/C/C=C/C/C=C/CC. The first kappa shape index (κ1) is 53.6. The Morgan fingerprint density at radius 3 is 1.44 bits per heavy atom. The number of ether oxygens (including phenoxy) is 2. The van der Waals surface area contributed by atoms with Gasteiger partial charge in [0, 0.05) is 12.8 Å². The van der Waals surface area contributed by atoms with Gasteiger partial charge in [-0.2, -0.15) is 0 Å². The highest BCUT2D eigenvalue weighted by Crippen LogP contribution is 2.43. The maximum Gasteiger partial charge on any atom is 0.472 e. The van der Waals surface area contributed by atoms with Crippen molar-refractivity contribution in [2.45, 2.75) is 142 Å². The monoisotopic (exact) mass is 816 g/mol. The first-order chi connectivity index (χ1) is 27.7. The fourth-order valence-corrected chi connectivity index (χ4v) is 5.59. The zero-order valence-corrected chi connectivity index (χ0v) is 35.6. The number of hydrogen-bond donors (Lipinski definition) is 3. The van der Waals surface area contributed by atoms with Gasteiger partial charge in [-0.25, -0.2) is 4.57 Å². The molecule has 3 atom stereocenters. The Hall–Kier alpha value is -3.37. The maximum absolute atomic E-state index is 12.6. The predicted molar refractivity (Wildman–Crippen MR) is 232 cm³/mol. The van der Waals surface area contributed by atoms with Crippen LogP contribution in [0.1, 0.15) is 129 Å². The number of carbonyl (C=O) groups excluding carboxylic acids is 2. The normalized spacial score (nSPS) is 15.0. The quantitative estimate of drug-likeness (QED) is 0.0239. The summed E-state index contributed by atoms with van der Waals surface area (Å²) in [5, 5.41) is 18.3. The number of phosphoric acid groups is 1. The van der Waals surface area contributed by atoms with Crippen LogP contribution in [0.15, 0.2) is 109 Å². The summed E-state index contributed by atoms with van der Waals surface area (Å²) in [4.78, 5) is 34.9. The van der Waals surface area contributed by atoms with Crippen LogP contribution >= 0.6 is 7.82 Å². The molecule has 1 unspecified atom stereocenters. The van der Waals surface area contributed by atoms with Crippen LogP contribution in [0.3, 0.4) is 0 Å². The summed E-state index contributed by atoms with van der Waals surface area (Å²) in [6, 6.07) is 0. The van der Waals surface area contributed by atoms with Crippen LogP contribution in [-0.2, 0) is 32.7 Å². The third-order valence-corrected chi connectivity index (χ3v) is 8.89. The molecule has 0 saturated carbocycles. The van der Waals surface area contributed by atoms with E-state index < -0.39 is 51.8 Å². The van der Waals surface area contributed by atoms with Gasteiger partial charge < -0.3 is 24.6 Å². The van der Waals surface area contributed by atoms with E-state index in [2.05, 4.69) is 116 Å². The predicted octanol–water partition coefficient (Wildman–Crippen LogP) is 11.0. The molecule has 0 amide bonds. The Morgan fingerprint density at radius 2 is 0.947 bits per heavy atom. The molecule has 0 aliphatic carbocycles. The van der Waals surface area contributed by atoms with Crippen molar-refractivity contribution < 1.29 is 47.8 Å². The van der Waals surface area contributed by atoms with Gasteiger partial charge in [-0.15, -0.1) is 0 Å². The number of hydrogen-bond acceptors (Lipinski definition) is 9. The molecule has 11 heteroatoms. The minimum absolute atomic E-state index is 0.105. The van der Waals surface area contributed by atoms with Gasteiger partial charge >= 0.3 is 19.8 Å². The van der Waals surface area contributed by atoms with Crippen LogP contribution in [0.5, 0.6) is 0 Å². The van der Waals surface area contributed by atoms with Gasteiger partial charge in [-0.1, -0.05) is 142 Å². The van der Waals surface area contributed by atoms with Crippen LogP contribution in [0, 0.1) is 0 Å². The maximum atomic E-state index is 12.6. The van der Waals surface area contributed by atoms with Crippen molar-refractivity contribution in [1.82, 2.24) is 0 Å². The molecule has 0 rings (SSSR count). The number of aliphatic hydroxyl groups excluding tert-OH is 2. The van der Waals surface area contributed by atoms with E-state index in [0.29, 0.717) is 12.8 Å². The first-order valence-corrected chi connectivity index (χ1v) is 22.3. The van der Waals surface area contributed by atoms with Gasteiger partial charge in [0.25, 0.3) is 0 Å². The number of allylic oxidation sites excluding steroid dienone is 18. The minimum Gasteiger partial charge on any atom is -0.462 e. The summed E-state index contributed by atoms with van der Waals surface area (Å²) in [5.41, 5.74) is 0. The van der Waals surface area contributed by atoms with E-state index in [1.807, 2.05) is 12.2 Å². The molecule has 57 heavy (non-hydrogen) atoms. The molecule has 0 aromatic heterocycles. The van der Waals surface area contributed by atoms with E-state index in [-0.39, 0.29) is 19.4 Å². The van der Waals surface area contributed by atoms with E-state index in [1.165, 1.54) is 0 Å². The molecule has 0 saturated heterocycles. The Balaban J connectivity index is 4.49. The molecule has 0 radical (unpaired) electrons. The number of aliphatic hydroxyl groups is 2. The molecule has 322 valence electrons. The number of esters is 2. The first-order valence-electron chi connectivity index (χ1n) is 20.8. The summed E-state index contributed by atoms with van der Waals surface area (Å²) in [6.45, 7) is 2.01. The Bertz CT molecular complexity index is 1310. The van der Waals surface area contributed by atoms with Crippen molar-refractivity contribution in [3.8, 4) is 0 Å². The summed E-state index contributed by atoms with van der Waals surface area (Å²) in [7, 11) is -4.65.